The van der Waals surface area contributed by atoms with Crippen LogP contribution >= 0.6 is 0 Å². The van der Waals surface area contributed by atoms with Gasteiger partial charge in [0.15, 0.2) is 5.78 Å². The number of rotatable bonds is 5. The Morgan fingerprint density at radius 1 is 1.13 bits per heavy atom. The van der Waals surface area contributed by atoms with Gasteiger partial charge in [-0.25, -0.2) is 0 Å². The van der Waals surface area contributed by atoms with Crippen molar-refractivity contribution >= 4 is 23.6 Å². The first-order valence-electron chi connectivity index (χ1n) is 11.0. The van der Waals surface area contributed by atoms with E-state index < -0.39 is 0 Å². The summed E-state index contributed by atoms with van der Waals surface area (Å²) in [6.45, 7) is 1.26. The molecule has 6 heteroatoms. The topological polar surface area (TPSA) is 74.1 Å². The van der Waals surface area contributed by atoms with Gasteiger partial charge in [-0.15, -0.1) is 0 Å². The zero-order valence-electron chi connectivity index (χ0n) is 17.5. The molecule has 1 aromatic carbocycles. The normalized spacial score (nSPS) is 25.4. The van der Waals surface area contributed by atoms with Crippen LogP contribution in [0.15, 0.2) is 75.6 Å². The summed E-state index contributed by atoms with van der Waals surface area (Å²) in [6.07, 6.45) is 11.1. The van der Waals surface area contributed by atoms with Crippen LogP contribution in [-0.4, -0.2) is 47.6 Å². The number of carbonyl (C=O) groups is 2. The van der Waals surface area contributed by atoms with Crippen molar-refractivity contribution in [1.82, 2.24) is 10.2 Å². The quantitative estimate of drug-likeness (QED) is 0.805. The van der Waals surface area contributed by atoms with Crippen molar-refractivity contribution in [2.45, 2.75) is 38.1 Å². The van der Waals surface area contributed by atoms with E-state index in [0.717, 1.165) is 42.2 Å². The third kappa shape index (κ3) is 4.15. The molecule has 158 valence electrons. The van der Waals surface area contributed by atoms with Crippen molar-refractivity contribution in [2.24, 2.45) is 15.9 Å². The highest BCUT2D eigenvalue weighted by atomic mass is 16.2. The van der Waals surface area contributed by atoms with Crippen LogP contribution in [0.3, 0.4) is 0 Å². The van der Waals surface area contributed by atoms with Gasteiger partial charge in [0, 0.05) is 25.6 Å². The molecular weight excluding hydrogens is 388 g/mol. The van der Waals surface area contributed by atoms with Crippen molar-refractivity contribution in [3.8, 4) is 0 Å². The molecule has 1 aromatic rings. The minimum Gasteiger partial charge on any atom is -0.358 e. The molecule has 2 atom stereocenters. The second-order valence-corrected chi connectivity index (χ2v) is 8.49. The Morgan fingerprint density at radius 3 is 2.74 bits per heavy atom. The van der Waals surface area contributed by atoms with Crippen LogP contribution < -0.4 is 5.32 Å². The first-order chi connectivity index (χ1) is 15.2. The SMILES string of the molecule is O=C1C=CC(CC2NC3=C(Cc4ccccc4)N=C(C4=CC=NCC4)CN3C2=O)CC1. The summed E-state index contributed by atoms with van der Waals surface area (Å²) in [7, 11) is 0. The van der Waals surface area contributed by atoms with Gasteiger partial charge in [0.1, 0.15) is 11.9 Å². The van der Waals surface area contributed by atoms with Crippen LogP contribution in [0.2, 0.25) is 0 Å². The van der Waals surface area contributed by atoms with E-state index >= 15 is 0 Å². The van der Waals surface area contributed by atoms with Crippen molar-refractivity contribution in [3.63, 3.8) is 0 Å². The van der Waals surface area contributed by atoms with Crippen LogP contribution in [0.25, 0.3) is 0 Å². The maximum absolute atomic E-state index is 13.3. The third-order valence-corrected chi connectivity index (χ3v) is 6.33. The molecule has 4 aliphatic rings. The van der Waals surface area contributed by atoms with Gasteiger partial charge >= 0.3 is 0 Å². The Hall–Kier alpha value is -3.28. The van der Waals surface area contributed by atoms with Gasteiger partial charge in [0.05, 0.1) is 18.0 Å². The number of allylic oxidation sites excluding steroid dienone is 4. The average Bonchev–Trinajstić information content (AvgIpc) is 3.12. The van der Waals surface area contributed by atoms with Crippen molar-refractivity contribution in [3.05, 3.63) is 71.2 Å². The van der Waals surface area contributed by atoms with E-state index in [1.807, 2.05) is 41.5 Å². The van der Waals surface area contributed by atoms with Crippen LogP contribution in [0.5, 0.6) is 0 Å². The van der Waals surface area contributed by atoms with E-state index in [4.69, 9.17) is 4.99 Å². The summed E-state index contributed by atoms with van der Waals surface area (Å²) >= 11 is 0. The maximum atomic E-state index is 13.3. The molecule has 3 heterocycles. The van der Waals surface area contributed by atoms with Gasteiger partial charge in [-0.3, -0.25) is 24.5 Å². The molecule has 1 N–H and O–H groups in total. The molecule has 0 spiro atoms. The highest BCUT2D eigenvalue weighted by Gasteiger charge is 2.40. The number of nitrogens with zero attached hydrogens (tertiary/aromatic N) is 3. The lowest BCUT2D eigenvalue weighted by molar-refractivity contribution is -0.127. The number of carbonyl (C=O) groups excluding carboxylic acids is 2. The van der Waals surface area contributed by atoms with Gasteiger partial charge in [0.25, 0.3) is 5.91 Å². The molecule has 1 aliphatic carbocycles. The summed E-state index contributed by atoms with van der Waals surface area (Å²) < 4.78 is 0. The predicted molar refractivity (Wildman–Crippen MR) is 121 cm³/mol. The number of fused-ring (bicyclic) bond motifs is 1. The molecule has 5 rings (SSSR count). The third-order valence-electron chi connectivity index (χ3n) is 6.33. The molecular formula is C25H26N4O2. The van der Waals surface area contributed by atoms with E-state index in [9.17, 15) is 9.59 Å². The van der Waals surface area contributed by atoms with E-state index in [1.165, 1.54) is 5.56 Å². The van der Waals surface area contributed by atoms with Crippen LogP contribution in [0.1, 0.15) is 31.2 Å². The Bertz CT molecular complexity index is 1050. The molecule has 3 aliphatic heterocycles. The predicted octanol–water partition coefficient (Wildman–Crippen LogP) is 2.98. The molecule has 1 amide bonds. The number of dihydropyridines is 1. The van der Waals surface area contributed by atoms with E-state index in [1.54, 1.807) is 6.08 Å². The molecule has 0 radical (unpaired) electrons. The summed E-state index contributed by atoms with van der Waals surface area (Å²) in [4.78, 5) is 36.0. The number of hydrogen-bond acceptors (Lipinski definition) is 5. The van der Waals surface area contributed by atoms with Crippen LogP contribution in [0.4, 0.5) is 0 Å². The first kappa shape index (κ1) is 19.7. The van der Waals surface area contributed by atoms with Gasteiger partial charge in [0.2, 0.25) is 0 Å². The Labute approximate surface area is 182 Å². The fraction of sp³-hybridized carbons (Fsp3) is 0.360. The lowest BCUT2D eigenvalue weighted by Crippen LogP contribution is -2.37. The summed E-state index contributed by atoms with van der Waals surface area (Å²) in [5, 5.41) is 3.48. The average molecular weight is 415 g/mol. The van der Waals surface area contributed by atoms with Crippen molar-refractivity contribution in [2.75, 3.05) is 13.1 Å². The summed E-state index contributed by atoms with van der Waals surface area (Å²) in [6, 6.07) is 9.96. The fourth-order valence-electron chi connectivity index (χ4n) is 4.62. The second kappa shape index (κ2) is 8.46. The van der Waals surface area contributed by atoms with Crippen molar-refractivity contribution < 1.29 is 9.59 Å². The lowest BCUT2D eigenvalue weighted by atomic mass is 9.89. The number of benzene rings is 1. The van der Waals surface area contributed by atoms with Crippen LogP contribution in [0, 0.1) is 5.92 Å². The lowest BCUT2D eigenvalue weighted by Gasteiger charge is -2.26. The first-order valence-corrected chi connectivity index (χ1v) is 11.0. The summed E-state index contributed by atoms with van der Waals surface area (Å²) in [5.41, 5.74) is 4.19. The monoisotopic (exact) mass is 414 g/mol. The van der Waals surface area contributed by atoms with Gasteiger partial charge < -0.3 is 5.32 Å². The number of ketones is 1. The minimum absolute atomic E-state index is 0.100. The fourth-order valence-corrected chi connectivity index (χ4v) is 4.62. The van der Waals surface area contributed by atoms with Gasteiger partial charge in [-0.1, -0.05) is 36.4 Å². The number of hydrogen-bond donors (Lipinski definition) is 1. The highest BCUT2D eigenvalue weighted by Crippen LogP contribution is 2.31. The van der Waals surface area contributed by atoms with Gasteiger partial charge in [-0.2, -0.15) is 0 Å². The number of aliphatic imine (C=N–C) groups is 2. The Kier molecular flexibility index (Phi) is 5.37. The molecule has 31 heavy (non-hydrogen) atoms. The van der Waals surface area contributed by atoms with Crippen molar-refractivity contribution in [1.29, 1.82) is 0 Å². The number of nitrogens with one attached hydrogen (secondary N) is 1. The van der Waals surface area contributed by atoms with Crippen LogP contribution in [-0.2, 0) is 16.0 Å². The molecule has 6 nitrogen and oxygen atoms in total. The highest BCUT2D eigenvalue weighted by molar-refractivity contribution is 6.08. The molecule has 0 aromatic heterocycles. The molecule has 0 bridgehead atoms. The zero-order valence-corrected chi connectivity index (χ0v) is 17.5. The second-order valence-electron chi connectivity index (χ2n) is 8.49. The minimum atomic E-state index is -0.278. The smallest absolute Gasteiger partial charge is 0.251 e. The Balaban J connectivity index is 1.43. The molecule has 1 fully saturated rings. The molecule has 1 saturated heterocycles. The molecule has 2 unspecified atom stereocenters. The summed E-state index contributed by atoms with van der Waals surface area (Å²) in [5.74, 6) is 1.36. The maximum Gasteiger partial charge on any atom is 0.251 e. The Morgan fingerprint density at radius 2 is 2.00 bits per heavy atom. The molecule has 0 saturated carbocycles. The standard InChI is InChI=1S/C25H26N4O2/c30-20-8-6-18(7-9-20)15-22-25(31)29-16-23(19-10-12-26-13-11-19)27-21(24(29)28-22)14-17-4-2-1-3-5-17/h1-6,8,10,12,18,22,28H,7,9,11,13-16H2. The largest absolute Gasteiger partial charge is 0.358 e. The zero-order chi connectivity index (χ0) is 21.2. The van der Waals surface area contributed by atoms with E-state index in [-0.39, 0.29) is 23.7 Å². The van der Waals surface area contributed by atoms with Gasteiger partial charge in [-0.05, 0) is 48.5 Å². The van der Waals surface area contributed by atoms with E-state index in [2.05, 4.69) is 22.4 Å². The number of amides is 1. The van der Waals surface area contributed by atoms with E-state index in [0.29, 0.717) is 25.8 Å².